The number of hydrogen-bond donors (Lipinski definition) is 1. The summed E-state index contributed by atoms with van der Waals surface area (Å²) in [5.74, 6) is 0. The van der Waals surface area contributed by atoms with E-state index >= 15 is 0 Å². The Labute approximate surface area is 97.6 Å². The average molecular weight is 252 g/mol. The normalized spacial score (nSPS) is 13.8. The van der Waals surface area contributed by atoms with Crippen molar-refractivity contribution in [2.75, 3.05) is 6.54 Å². The fourth-order valence-corrected chi connectivity index (χ4v) is 1.56. The van der Waals surface area contributed by atoms with Crippen LogP contribution >= 0.6 is 11.6 Å². The van der Waals surface area contributed by atoms with Crippen molar-refractivity contribution < 1.29 is 13.2 Å². The summed E-state index contributed by atoms with van der Waals surface area (Å²) < 4.78 is 36.1. The number of benzene rings is 1. The Hall–Kier alpha value is -0.740. The smallest absolute Gasteiger partial charge is 0.302 e. The Balaban J connectivity index is 2.64. The van der Waals surface area contributed by atoms with Gasteiger partial charge in [0.25, 0.3) is 0 Å². The highest BCUT2D eigenvalue weighted by atomic mass is 35.5. The second-order valence-electron chi connectivity index (χ2n) is 3.51. The minimum atomic E-state index is -4.18. The number of rotatable bonds is 4. The largest absolute Gasteiger partial charge is 0.401 e. The number of nitrogens with one attached hydrogen (secondary N) is 1. The molecule has 0 aliphatic rings. The Morgan fingerprint density at radius 2 is 1.81 bits per heavy atom. The van der Waals surface area contributed by atoms with E-state index in [0.717, 1.165) is 5.56 Å². The molecular weight excluding hydrogens is 239 g/mol. The molecule has 1 aromatic carbocycles. The van der Waals surface area contributed by atoms with E-state index in [1.807, 2.05) is 6.92 Å². The quantitative estimate of drug-likeness (QED) is 0.855. The third-order valence-electron chi connectivity index (χ3n) is 2.23. The van der Waals surface area contributed by atoms with Crippen LogP contribution in [0.25, 0.3) is 0 Å². The van der Waals surface area contributed by atoms with Gasteiger partial charge in [0, 0.05) is 11.1 Å². The van der Waals surface area contributed by atoms with Crippen molar-refractivity contribution in [2.24, 2.45) is 0 Å². The summed E-state index contributed by atoms with van der Waals surface area (Å²) >= 11 is 5.71. The predicted octanol–water partition coefficient (Wildman–Crippen LogP) is 3.94. The van der Waals surface area contributed by atoms with Gasteiger partial charge in [0.05, 0.1) is 6.54 Å². The Morgan fingerprint density at radius 1 is 1.25 bits per heavy atom. The van der Waals surface area contributed by atoms with E-state index in [1.165, 1.54) is 0 Å². The maximum atomic E-state index is 12.0. The molecule has 0 aliphatic heterocycles. The molecule has 90 valence electrons. The lowest BCUT2D eigenvalue weighted by molar-refractivity contribution is -0.126. The second kappa shape index (κ2) is 5.55. The molecule has 0 saturated heterocycles. The minimum absolute atomic E-state index is 0.293. The van der Waals surface area contributed by atoms with Crippen molar-refractivity contribution in [3.05, 3.63) is 34.9 Å². The molecule has 1 aromatic rings. The summed E-state index contributed by atoms with van der Waals surface area (Å²) in [6.45, 7) is 0.858. The Kier molecular flexibility index (Phi) is 4.62. The van der Waals surface area contributed by atoms with Gasteiger partial charge in [0.2, 0.25) is 0 Å². The topological polar surface area (TPSA) is 12.0 Å². The molecule has 0 aromatic heterocycles. The lowest BCUT2D eigenvalue weighted by Crippen LogP contribution is -2.31. The van der Waals surface area contributed by atoms with Crippen LogP contribution in [-0.2, 0) is 0 Å². The zero-order valence-electron chi connectivity index (χ0n) is 8.81. The Morgan fingerprint density at radius 3 is 2.25 bits per heavy atom. The highest BCUT2D eigenvalue weighted by Crippen LogP contribution is 2.21. The van der Waals surface area contributed by atoms with Gasteiger partial charge in [0.1, 0.15) is 0 Å². The third-order valence-corrected chi connectivity index (χ3v) is 2.48. The lowest BCUT2D eigenvalue weighted by atomic mass is 10.0. The van der Waals surface area contributed by atoms with Crippen molar-refractivity contribution in [3.8, 4) is 0 Å². The zero-order valence-corrected chi connectivity index (χ0v) is 9.57. The van der Waals surface area contributed by atoms with Crippen molar-refractivity contribution >= 4 is 11.6 Å². The van der Waals surface area contributed by atoms with Gasteiger partial charge in [-0.1, -0.05) is 30.7 Å². The van der Waals surface area contributed by atoms with Crippen LogP contribution < -0.4 is 5.32 Å². The summed E-state index contributed by atoms with van der Waals surface area (Å²) in [6, 6.07) is 6.53. The van der Waals surface area contributed by atoms with Crippen LogP contribution in [0.15, 0.2) is 24.3 Å². The van der Waals surface area contributed by atoms with Crippen LogP contribution in [0.2, 0.25) is 5.02 Å². The highest BCUT2D eigenvalue weighted by Gasteiger charge is 2.27. The van der Waals surface area contributed by atoms with Gasteiger partial charge >= 0.3 is 6.18 Å². The molecule has 0 heterocycles. The first-order valence-corrected chi connectivity index (χ1v) is 5.36. The Bertz CT molecular complexity index is 321. The summed E-state index contributed by atoms with van der Waals surface area (Å²) in [5.41, 5.74) is 0.816. The molecule has 1 rings (SSSR count). The molecule has 1 N–H and O–H groups in total. The zero-order chi connectivity index (χ0) is 12.2. The van der Waals surface area contributed by atoms with E-state index < -0.39 is 12.7 Å². The van der Waals surface area contributed by atoms with Crippen LogP contribution in [-0.4, -0.2) is 12.7 Å². The molecule has 1 unspecified atom stereocenters. The molecule has 16 heavy (non-hydrogen) atoms. The number of halogens is 4. The molecule has 0 saturated carbocycles. The van der Waals surface area contributed by atoms with E-state index in [4.69, 9.17) is 11.6 Å². The summed E-state index contributed by atoms with van der Waals surface area (Å²) in [7, 11) is 0. The minimum Gasteiger partial charge on any atom is -0.302 e. The molecular formula is C11H13ClF3N. The average Bonchev–Trinajstić information content (AvgIpc) is 2.20. The van der Waals surface area contributed by atoms with Gasteiger partial charge in [-0.05, 0) is 24.1 Å². The van der Waals surface area contributed by atoms with Gasteiger partial charge in [-0.2, -0.15) is 13.2 Å². The first-order valence-electron chi connectivity index (χ1n) is 4.98. The summed E-state index contributed by atoms with van der Waals surface area (Å²) in [4.78, 5) is 0. The van der Waals surface area contributed by atoms with Crippen LogP contribution in [0.3, 0.4) is 0 Å². The van der Waals surface area contributed by atoms with Crippen molar-refractivity contribution in [1.29, 1.82) is 0 Å². The van der Waals surface area contributed by atoms with E-state index in [0.29, 0.717) is 11.4 Å². The first-order chi connectivity index (χ1) is 7.42. The van der Waals surface area contributed by atoms with Gasteiger partial charge in [-0.3, -0.25) is 0 Å². The summed E-state index contributed by atoms with van der Waals surface area (Å²) in [5, 5.41) is 3.06. The summed E-state index contributed by atoms with van der Waals surface area (Å²) in [6.07, 6.45) is -3.59. The molecule has 0 spiro atoms. The van der Waals surface area contributed by atoms with Crippen molar-refractivity contribution in [1.82, 2.24) is 5.32 Å². The molecule has 0 aliphatic carbocycles. The van der Waals surface area contributed by atoms with Gasteiger partial charge in [-0.25, -0.2) is 0 Å². The molecule has 0 radical (unpaired) electrons. The molecule has 1 atom stereocenters. The van der Waals surface area contributed by atoms with E-state index in [1.54, 1.807) is 24.3 Å². The molecule has 1 nitrogen and oxygen atoms in total. The molecule has 5 heteroatoms. The first kappa shape index (κ1) is 13.3. The maximum Gasteiger partial charge on any atom is 0.401 e. The fourth-order valence-electron chi connectivity index (χ4n) is 1.43. The van der Waals surface area contributed by atoms with Crippen LogP contribution in [0.1, 0.15) is 24.9 Å². The maximum absolute atomic E-state index is 12.0. The van der Waals surface area contributed by atoms with Crippen molar-refractivity contribution in [2.45, 2.75) is 25.6 Å². The van der Waals surface area contributed by atoms with Crippen LogP contribution in [0, 0.1) is 0 Å². The van der Waals surface area contributed by atoms with Crippen molar-refractivity contribution in [3.63, 3.8) is 0 Å². The SMILES string of the molecule is CCC(NCC(F)(F)F)c1ccc(Cl)cc1. The second-order valence-corrected chi connectivity index (χ2v) is 3.94. The monoisotopic (exact) mass is 251 g/mol. The van der Waals surface area contributed by atoms with Crippen LogP contribution in [0.4, 0.5) is 13.2 Å². The fraction of sp³-hybridized carbons (Fsp3) is 0.455. The molecule has 0 fully saturated rings. The van der Waals surface area contributed by atoms with E-state index in [-0.39, 0.29) is 6.04 Å². The van der Waals surface area contributed by atoms with Gasteiger partial charge < -0.3 is 5.32 Å². The number of alkyl halides is 3. The van der Waals surface area contributed by atoms with Gasteiger partial charge in [-0.15, -0.1) is 0 Å². The number of hydrogen-bond acceptors (Lipinski definition) is 1. The third kappa shape index (κ3) is 4.41. The molecule has 0 amide bonds. The van der Waals surface area contributed by atoms with E-state index in [2.05, 4.69) is 5.32 Å². The van der Waals surface area contributed by atoms with Crippen LogP contribution in [0.5, 0.6) is 0 Å². The molecule has 0 bridgehead atoms. The van der Waals surface area contributed by atoms with E-state index in [9.17, 15) is 13.2 Å². The standard InChI is InChI=1S/C11H13ClF3N/c1-2-10(16-7-11(13,14)15)8-3-5-9(12)6-4-8/h3-6,10,16H,2,7H2,1H3. The lowest BCUT2D eigenvalue weighted by Gasteiger charge is -2.18. The predicted molar refractivity (Wildman–Crippen MR) is 58.5 cm³/mol. The van der Waals surface area contributed by atoms with Gasteiger partial charge in [0.15, 0.2) is 0 Å². The highest BCUT2D eigenvalue weighted by molar-refractivity contribution is 6.30.